The number of morpholine rings is 1. The number of carbonyl (C=O) groups is 1. The molecule has 0 unspecified atom stereocenters. The zero-order valence-electron chi connectivity index (χ0n) is 20.5. The summed E-state index contributed by atoms with van der Waals surface area (Å²) in [6.45, 7) is 12.0. The van der Waals surface area contributed by atoms with Gasteiger partial charge in [0.25, 0.3) is 5.91 Å². The molecule has 0 atom stereocenters. The van der Waals surface area contributed by atoms with E-state index in [0.717, 1.165) is 77.0 Å². The number of anilines is 1. The summed E-state index contributed by atoms with van der Waals surface area (Å²) in [6.07, 6.45) is -2.58. The summed E-state index contributed by atoms with van der Waals surface area (Å²) in [5, 5.41) is 0. The molecule has 35 heavy (non-hydrogen) atoms. The van der Waals surface area contributed by atoms with Gasteiger partial charge in [-0.25, -0.2) is 0 Å². The van der Waals surface area contributed by atoms with Crippen molar-refractivity contribution in [2.45, 2.75) is 26.4 Å². The summed E-state index contributed by atoms with van der Waals surface area (Å²) in [4.78, 5) is 19.6. The summed E-state index contributed by atoms with van der Waals surface area (Å²) in [5.74, 6) is -0.476. The van der Waals surface area contributed by atoms with E-state index in [9.17, 15) is 13.6 Å². The molecule has 2 aromatic rings. The fourth-order valence-electron chi connectivity index (χ4n) is 4.82. The number of amides is 1. The monoisotopic (exact) mass is 491 g/mol. The molecule has 2 aliphatic rings. The van der Waals surface area contributed by atoms with E-state index < -0.39 is 12.0 Å². The molecule has 4 rings (SSSR count). The number of nitrogens with two attached hydrogens (primary N) is 1. The van der Waals surface area contributed by atoms with Gasteiger partial charge in [0.1, 0.15) is 11.4 Å². The van der Waals surface area contributed by atoms with Crippen LogP contribution in [-0.4, -0.2) is 92.0 Å². The molecule has 0 spiro atoms. The smallest absolute Gasteiger partial charge is 0.394 e. The van der Waals surface area contributed by atoms with Gasteiger partial charge < -0.3 is 24.7 Å². The van der Waals surface area contributed by atoms with E-state index in [2.05, 4.69) is 19.4 Å². The molecule has 1 amide bonds. The van der Waals surface area contributed by atoms with Crippen molar-refractivity contribution < 1.29 is 23.0 Å². The largest absolute Gasteiger partial charge is 0.433 e. The number of rotatable bonds is 9. The van der Waals surface area contributed by atoms with Gasteiger partial charge in [0, 0.05) is 70.7 Å². The zero-order valence-corrected chi connectivity index (χ0v) is 20.5. The number of benzene rings is 1. The van der Waals surface area contributed by atoms with E-state index in [1.165, 1.54) is 12.1 Å². The van der Waals surface area contributed by atoms with Gasteiger partial charge in [-0.05, 0) is 36.8 Å². The van der Waals surface area contributed by atoms with E-state index in [0.29, 0.717) is 24.7 Å². The lowest BCUT2D eigenvalue weighted by Gasteiger charge is -2.37. The number of primary amides is 1. The van der Waals surface area contributed by atoms with Crippen LogP contribution in [0.5, 0.6) is 5.75 Å². The third kappa shape index (κ3) is 6.31. The predicted molar refractivity (Wildman–Crippen MR) is 131 cm³/mol. The van der Waals surface area contributed by atoms with Crippen LogP contribution in [0.25, 0.3) is 5.69 Å². The maximum Gasteiger partial charge on any atom is 0.394 e. The lowest BCUT2D eigenvalue weighted by atomic mass is 10.2. The molecule has 2 saturated heterocycles. The highest BCUT2D eigenvalue weighted by Gasteiger charge is 2.26. The van der Waals surface area contributed by atoms with Crippen LogP contribution < -0.4 is 15.4 Å². The highest BCUT2D eigenvalue weighted by Crippen LogP contribution is 2.31. The third-order valence-electron chi connectivity index (χ3n) is 6.61. The summed E-state index contributed by atoms with van der Waals surface area (Å²) in [7, 11) is 0. The molecule has 0 aliphatic carbocycles. The topological polar surface area (TPSA) is 76.2 Å². The molecular formula is C25H35F2N5O3. The summed E-state index contributed by atoms with van der Waals surface area (Å²) in [6, 6.07) is 8.14. The maximum atomic E-state index is 13.2. The standard InChI is InChI=1S/C25H35F2N5O3/c1-3-21-22(31-12-10-29(11-13-31)8-9-30-14-16-34-17-15-30)18-23(24(28)33)32(21)19-4-6-20(7-5-19)35-25(2,26)27/h4-7,18H,3,8-17H2,1-2H3,(H2,28,33). The normalized spacial score (nSPS) is 18.1. The Morgan fingerprint density at radius 3 is 2.17 bits per heavy atom. The quantitative estimate of drug-likeness (QED) is 0.581. The van der Waals surface area contributed by atoms with Gasteiger partial charge in [-0.3, -0.25) is 14.6 Å². The molecular weight excluding hydrogens is 456 g/mol. The van der Waals surface area contributed by atoms with Gasteiger partial charge in [-0.15, -0.1) is 0 Å². The lowest BCUT2D eigenvalue weighted by Crippen LogP contribution is -2.49. The fourth-order valence-corrected chi connectivity index (χ4v) is 4.82. The molecule has 3 heterocycles. The Labute approximate surface area is 205 Å². The van der Waals surface area contributed by atoms with Gasteiger partial charge in [0.2, 0.25) is 0 Å². The number of halogens is 2. The minimum absolute atomic E-state index is 0.0560. The van der Waals surface area contributed by atoms with Crippen LogP contribution in [0.2, 0.25) is 0 Å². The second kappa shape index (κ2) is 10.9. The zero-order chi connectivity index (χ0) is 25.0. The van der Waals surface area contributed by atoms with Crippen LogP contribution in [-0.2, 0) is 11.2 Å². The van der Waals surface area contributed by atoms with Gasteiger partial charge >= 0.3 is 6.11 Å². The van der Waals surface area contributed by atoms with Crippen molar-refractivity contribution in [3.8, 4) is 11.4 Å². The van der Waals surface area contributed by atoms with Crippen molar-refractivity contribution in [2.75, 3.05) is 70.5 Å². The predicted octanol–water partition coefficient (Wildman–Crippen LogP) is 2.58. The van der Waals surface area contributed by atoms with Crippen molar-refractivity contribution in [1.82, 2.24) is 14.4 Å². The number of nitrogens with zero attached hydrogens (tertiary/aromatic N) is 4. The first-order valence-electron chi connectivity index (χ1n) is 12.2. The average Bonchev–Trinajstić information content (AvgIpc) is 3.23. The second-order valence-electron chi connectivity index (χ2n) is 9.10. The first-order chi connectivity index (χ1) is 16.7. The van der Waals surface area contributed by atoms with E-state index in [-0.39, 0.29) is 5.75 Å². The van der Waals surface area contributed by atoms with Gasteiger partial charge in [0.05, 0.1) is 18.9 Å². The molecule has 0 bridgehead atoms. The fraction of sp³-hybridized carbons (Fsp3) is 0.560. The molecule has 192 valence electrons. The van der Waals surface area contributed by atoms with Crippen LogP contribution in [0.4, 0.5) is 14.5 Å². The molecule has 2 aliphatic heterocycles. The van der Waals surface area contributed by atoms with E-state index >= 15 is 0 Å². The van der Waals surface area contributed by atoms with Crippen LogP contribution in [0.1, 0.15) is 30.0 Å². The molecule has 1 aromatic heterocycles. The Morgan fingerprint density at radius 1 is 1.03 bits per heavy atom. The first kappa shape index (κ1) is 25.4. The second-order valence-corrected chi connectivity index (χ2v) is 9.10. The molecule has 2 N–H and O–H groups in total. The van der Waals surface area contributed by atoms with Crippen LogP contribution in [0, 0.1) is 0 Å². The Kier molecular flexibility index (Phi) is 7.93. The molecule has 0 radical (unpaired) electrons. The average molecular weight is 492 g/mol. The van der Waals surface area contributed by atoms with Crippen molar-refractivity contribution in [3.05, 3.63) is 41.7 Å². The highest BCUT2D eigenvalue weighted by molar-refractivity contribution is 5.94. The Hall–Kier alpha value is -2.69. The van der Waals surface area contributed by atoms with E-state index in [1.807, 2.05) is 17.6 Å². The van der Waals surface area contributed by atoms with Crippen molar-refractivity contribution in [3.63, 3.8) is 0 Å². The number of hydrogen-bond donors (Lipinski definition) is 1. The lowest BCUT2D eigenvalue weighted by molar-refractivity contribution is -0.158. The SMILES string of the molecule is CCc1c(N2CCN(CCN3CCOCC3)CC2)cc(C(N)=O)n1-c1ccc(OC(C)(F)F)cc1. The molecule has 2 fully saturated rings. The first-order valence-corrected chi connectivity index (χ1v) is 12.2. The Bertz CT molecular complexity index is 992. The van der Waals surface area contributed by atoms with Crippen molar-refractivity contribution in [2.24, 2.45) is 5.73 Å². The number of piperazine rings is 1. The van der Waals surface area contributed by atoms with Gasteiger partial charge in [-0.2, -0.15) is 8.78 Å². The Balaban J connectivity index is 1.48. The number of hydrogen-bond acceptors (Lipinski definition) is 6. The number of alkyl halides is 2. The number of ether oxygens (including phenoxy) is 2. The van der Waals surface area contributed by atoms with Crippen molar-refractivity contribution in [1.29, 1.82) is 0 Å². The number of aromatic nitrogens is 1. The Morgan fingerprint density at radius 2 is 1.63 bits per heavy atom. The van der Waals surface area contributed by atoms with E-state index in [4.69, 9.17) is 10.5 Å². The van der Waals surface area contributed by atoms with Gasteiger partial charge in [0.15, 0.2) is 0 Å². The molecule has 1 aromatic carbocycles. The third-order valence-corrected chi connectivity index (χ3v) is 6.61. The minimum atomic E-state index is -3.26. The van der Waals surface area contributed by atoms with Crippen molar-refractivity contribution >= 4 is 11.6 Å². The maximum absolute atomic E-state index is 13.2. The van der Waals surface area contributed by atoms with Crippen LogP contribution >= 0.6 is 0 Å². The summed E-state index contributed by atoms with van der Waals surface area (Å²) >= 11 is 0. The van der Waals surface area contributed by atoms with E-state index in [1.54, 1.807) is 12.1 Å². The number of carbonyl (C=O) groups excluding carboxylic acids is 1. The van der Waals surface area contributed by atoms with Gasteiger partial charge in [-0.1, -0.05) is 6.92 Å². The summed E-state index contributed by atoms with van der Waals surface area (Å²) < 4.78 is 38.3. The molecule has 0 saturated carbocycles. The van der Waals surface area contributed by atoms with Crippen LogP contribution in [0.15, 0.2) is 30.3 Å². The highest BCUT2D eigenvalue weighted by atomic mass is 19.3. The van der Waals surface area contributed by atoms with Crippen LogP contribution in [0.3, 0.4) is 0 Å². The molecule has 10 heteroatoms. The minimum Gasteiger partial charge on any atom is -0.433 e. The molecule has 8 nitrogen and oxygen atoms in total. The summed E-state index contributed by atoms with van der Waals surface area (Å²) in [5.41, 5.74) is 8.76.